The molecule has 1 amide bonds. The summed E-state index contributed by atoms with van der Waals surface area (Å²) in [6.07, 6.45) is 8.94. The van der Waals surface area contributed by atoms with Gasteiger partial charge in [0.15, 0.2) is 0 Å². The van der Waals surface area contributed by atoms with E-state index in [4.69, 9.17) is 0 Å². The van der Waals surface area contributed by atoms with Crippen LogP contribution in [0.3, 0.4) is 0 Å². The van der Waals surface area contributed by atoms with Gasteiger partial charge in [-0.3, -0.25) is 9.78 Å². The van der Waals surface area contributed by atoms with Gasteiger partial charge in [-0.25, -0.2) is 4.98 Å². The van der Waals surface area contributed by atoms with Gasteiger partial charge in [0.2, 0.25) is 5.91 Å². The van der Waals surface area contributed by atoms with Crippen LogP contribution in [0.25, 0.3) is 0 Å². The van der Waals surface area contributed by atoms with Crippen molar-refractivity contribution >= 4 is 5.91 Å². The molecular formula is C19H26N4O. The number of carbonyl (C=O) groups is 1. The summed E-state index contributed by atoms with van der Waals surface area (Å²) in [7, 11) is 0. The van der Waals surface area contributed by atoms with Gasteiger partial charge in [-0.05, 0) is 58.1 Å². The molecule has 1 saturated heterocycles. The Balaban J connectivity index is 1.63. The predicted octanol–water partition coefficient (Wildman–Crippen LogP) is 2.91. The molecule has 0 radical (unpaired) electrons. The van der Waals surface area contributed by atoms with Crippen molar-refractivity contribution in [3.63, 3.8) is 0 Å². The first-order valence-corrected chi connectivity index (χ1v) is 8.83. The molecule has 3 rings (SSSR count). The molecule has 1 unspecified atom stereocenters. The third kappa shape index (κ3) is 3.83. The lowest BCUT2D eigenvalue weighted by Crippen LogP contribution is -2.45. The van der Waals surface area contributed by atoms with Crippen LogP contribution in [0.1, 0.15) is 42.8 Å². The van der Waals surface area contributed by atoms with Crippen molar-refractivity contribution in [3.05, 3.63) is 47.8 Å². The van der Waals surface area contributed by atoms with E-state index in [1.54, 1.807) is 6.33 Å². The molecular weight excluding hydrogens is 300 g/mol. The molecule has 5 heteroatoms. The summed E-state index contributed by atoms with van der Waals surface area (Å²) in [5.41, 5.74) is 3.18. The second kappa shape index (κ2) is 7.60. The summed E-state index contributed by atoms with van der Waals surface area (Å²) in [5, 5.41) is 0. The van der Waals surface area contributed by atoms with Gasteiger partial charge < -0.3 is 9.47 Å². The van der Waals surface area contributed by atoms with Crippen LogP contribution in [0.15, 0.2) is 30.7 Å². The average Bonchev–Trinajstić information content (AvgIpc) is 2.93. The van der Waals surface area contributed by atoms with E-state index in [0.717, 1.165) is 49.3 Å². The Morgan fingerprint density at radius 2 is 2.12 bits per heavy atom. The molecule has 24 heavy (non-hydrogen) atoms. The van der Waals surface area contributed by atoms with E-state index in [0.29, 0.717) is 12.6 Å². The van der Waals surface area contributed by atoms with E-state index in [2.05, 4.69) is 20.9 Å². The second-order valence-electron chi connectivity index (χ2n) is 6.64. The van der Waals surface area contributed by atoms with Crippen LogP contribution in [0.4, 0.5) is 0 Å². The van der Waals surface area contributed by atoms with E-state index >= 15 is 0 Å². The van der Waals surface area contributed by atoms with Crippen LogP contribution in [0, 0.1) is 13.8 Å². The second-order valence-corrected chi connectivity index (χ2v) is 6.64. The highest BCUT2D eigenvalue weighted by atomic mass is 16.2. The van der Waals surface area contributed by atoms with Crippen molar-refractivity contribution in [2.24, 2.45) is 0 Å². The van der Waals surface area contributed by atoms with Gasteiger partial charge in [0, 0.05) is 30.2 Å². The Bertz CT molecular complexity index is 680. The molecule has 5 nitrogen and oxygen atoms in total. The maximum absolute atomic E-state index is 12.8. The van der Waals surface area contributed by atoms with E-state index in [1.807, 2.05) is 36.7 Å². The number of carbonyl (C=O) groups excluding carboxylic acids is 1. The normalized spacial score (nSPS) is 17.9. The summed E-state index contributed by atoms with van der Waals surface area (Å²) in [6.45, 7) is 5.27. The molecule has 2 aromatic rings. The van der Waals surface area contributed by atoms with E-state index in [9.17, 15) is 4.79 Å². The van der Waals surface area contributed by atoms with Crippen molar-refractivity contribution in [1.82, 2.24) is 19.4 Å². The third-order valence-electron chi connectivity index (χ3n) is 5.06. The van der Waals surface area contributed by atoms with Gasteiger partial charge in [0.25, 0.3) is 0 Å². The summed E-state index contributed by atoms with van der Waals surface area (Å²) in [6, 6.07) is 6.36. The maximum Gasteiger partial charge on any atom is 0.242 e. The number of piperidine rings is 1. The molecule has 1 fully saturated rings. The first-order chi connectivity index (χ1) is 11.6. The van der Waals surface area contributed by atoms with E-state index in [1.165, 1.54) is 6.42 Å². The number of imidazole rings is 1. The van der Waals surface area contributed by atoms with Crippen molar-refractivity contribution in [2.75, 3.05) is 6.54 Å². The number of amides is 1. The van der Waals surface area contributed by atoms with Crippen molar-refractivity contribution in [3.8, 4) is 0 Å². The van der Waals surface area contributed by atoms with Crippen LogP contribution >= 0.6 is 0 Å². The number of likely N-dealkylation sites (tertiary alicyclic amines) is 1. The fourth-order valence-corrected chi connectivity index (χ4v) is 3.43. The molecule has 1 aliphatic heterocycles. The zero-order chi connectivity index (χ0) is 16.9. The van der Waals surface area contributed by atoms with Gasteiger partial charge in [-0.1, -0.05) is 6.07 Å². The largest absolute Gasteiger partial charge is 0.338 e. The minimum atomic E-state index is 0.209. The Morgan fingerprint density at radius 3 is 2.83 bits per heavy atom. The van der Waals surface area contributed by atoms with Crippen LogP contribution in [-0.2, 0) is 17.8 Å². The van der Waals surface area contributed by atoms with E-state index in [-0.39, 0.29) is 5.91 Å². The molecule has 1 atom stereocenters. The quantitative estimate of drug-likeness (QED) is 0.849. The van der Waals surface area contributed by atoms with Gasteiger partial charge in [0.05, 0.1) is 12.0 Å². The highest BCUT2D eigenvalue weighted by Crippen LogP contribution is 2.22. The van der Waals surface area contributed by atoms with E-state index < -0.39 is 0 Å². The number of aryl methyl sites for hydroxylation is 2. The molecule has 3 heterocycles. The van der Waals surface area contributed by atoms with Crippen LogP contribution < -0.4 is 0 Å². The van der Waals surface area contributed by atoms with Crippen LogP contribution in [0.2, 0.25) is 0 Å². The Labute approximate surface area is 143 Å². The SMILES string of the molecule is Cc1ncn(CC(=O)N2CCCCC2CCc2ccccn2)c1C. The standard InChI is InChI=1S/C19H26N4O/c1-15-16(2)22(14-21-15)13-19(24)23-12-6-4-8-18(23)10-9-17-7-3-5-11-20-17/h3,5,7,11,14,18H,4,6,8-10,12-13H2,1-2H3. The minimum Gasteiger partial charge on any atom is -0.338 e. The maximum atomic E-state index is 12.8. The summed E-state index contributed by atoms with van der Waals surface area (Å²) in [5.74, 6) is 0.209. The topological polar surface area (TPSA) is 51.0 Å². The number of aromatic nitrogens is 3. The number of rotatable bonds is 5. The molecule has 0 spiro atoms. The first-order valence-electron chi connectivity index (χ1n) is 8.83. The summed E-state index contributed by atoms with van der Waals surface area (Å²) < 4.78 is 1.96. The zero-order valence-electron chi connectivity index (χ0n) is 14.6. The third-order valence-corrected chi connectivity index (χ3v) is 5.06. The van der Waals surface area contributed by atoms with Gasteiger partial charge in [-0.2, -0.15) is 0 Å². The summed E-state index contributed by atoms with van der Waals surface area (Å²) in [4.78, 5) is 23.6. The monoisotopic (exact) mass is 326 g/mol. The number of hydrogen-bond donors (Lipinski definition) is 0. The number of pyridine rings is 1. The Hall–Kier alpha value is -2.17. The van der Waals surface area contributed by atoms with Crippen molar-refractivity contribution < 1.29 is 4.79 Å². The van der Waals surface area contributed by atoms with Crippen LogP contribution in [0.5, 0.6) is 0 Å². The highest BCUT2D eigenvalue weighted by Gasteiger charge is 2.26. The predicted molar refractivity (Wildman–Crippen MR) is 93.6 cm³/mol. The number of hydrogen-bond acceptors (Lipinski definition) is 3. The van der Waals surface area contributed by atoms with Crippen molar-refractivity contribution in [1.29, 1.82) is 0 Å². The first kappa shape index (κ1) is 16.7. The van der Waals surface area contributed by atoms with Gasteiger partial charge in [0.1, 0.15) is 6.54 Å². The zero-order valence-corrected chi connectivity index (χ0v) is 14.6. The lowest BCUT2D eigenvalue weighted by atomic mass is 9.97. The van der Waals surface area contributed by atoms with Gasteiger partial charge in [-0.15, -0.1) is 0 Å². The highest BCUT2D eigenvalue weighted by molar-refractivity contribution is 5.76. The average molecular weight is 326 g/mol. The fraction of sp³-hybridized carbons (Fsp3) is 0.526. The molecule has 0 aliphatic carbocycles. The fourth-order valence-electron chi connectivity index (χ4n) is 3.43. The smallest absolute Gasteiger partial charge is 0.242 e. The Kier molecular flexibility index (Phi) is 5.28. The molecule has 0 saturated carbocycles. The minimum absolute atomic E-state index is 0.209. The molecule has 0 N–H and O–H groups in total. The lowest BCUT2D eigenvalue weighted by molar-refractivity contribution is -0.135. The number of nitrogens with zero attached hydrogens (tertiary/aromatic N) is 4. The molecule has 0 aromatic carbocycles. The van der Waals surface area contributed by atoms with Crippen LogP contribution in [-0.4, -0.2) is 37.9 Å². The van der Waals surface area contributed by atoms with Gasteiger partial charge >= 0.3 is 0 Å². The molecule has 0 bridgehead atoms. The summed E-state index contributed by atoms with van der Waals surface area (Å²) >= 11 is 0. The van der Waals surface area contributed by atoms with Crippen molar-refractivity contribution in [2.45, 2.75) is 58.5 Å². The molecule has 2 aromatic heterocycles. The molecule has 128 valence electrons. The lowest BCUT2D eigenvalue weighted by Gasteiger charge is -2.36. The molecule has 1 aliphatic rings. The Morgan fingerprint density at radius 1 is 1.25 bits per heavy atom.